The van der Waals surface area contributed by atoms with Gasteiger partial charge in [0.15, 0.2) is 0 Å². The molecule has 3 nitrogen and oxygen atoms in total. The van der Waals surface area contributed by atoms with Crippen molar-refractivity contribution in [2.24, 2.45) is 0 Å². The Morgan fingerprint density at radius 3 is 2.15 bits per heavy atom. The van der Waals surface area contributed by atoms with Crippen LogP contribution >= 0.6 is 0 Å². The highest BCUT2D eigenvalue weighted by atomic mass is 19.4. The molecule has 0 N–H and O–H groups in total. The van der Waals surface area contributed by atoms with Crippen molar-refractivity contribution in [2.75, 3.05) is 26.2 Å². The van der Waals surface area contributed by atoms with Crippen molar-refractivity contribution in [3.05, 3.63) is 35.4 Å². The van der Waals surface area contributed by atoms with E-state index in [2.05, 4.69) is 4.90 Å². The van der Waals surface area contributed by atoms with Gasteiger partial charge in [-0.3, -0.25) is 9.69 Å². The summed E-state index contributed by atoms with van der Waals surface area (Å²) in [5.41, 5.74) is 2.31. The Hall–Kier alpha value is -1.56. The fourth-order valence-corrected chi connectivity index (χ4v) is 2.24. The van der Waals surface area contributed by atoms with Crippen LogP contribution in [0.4, 0.5) is 13.2 Å². The largest absolute Gasteiger partial charge is 0.471 e. The molecule has 1 aliphatic heterocycles. The number of nitrogens with zero attached hydrogens (tertiary/aromatic N) is 2. The molecule has 1 aromatic rings. The highest BCUT2D eigenvalue weighted by molar-refractivity contribution is 5.81. The molecule has 0 unspecified atom stereocenters. The van der Waals surface area contributed by atoms with Crippen LogP contribution in [0.1, 0.15) is 11.1 Å². The van der Waals surface area contributed by atoms with Crippen LogP contribution in [0.3, 0.4) is 0 Å². The van der Waals surface area contributed by atoms with E-state index in [9.17, 15) is 18.0 Å². The van der Waals surface area contributed by atoms with Crippen molar-refractivity contribution in [3.63, 3.8) is 0 Å². The summed E-state index contributed by atoms with van der Waals surface area (Å²) in [7, 11) is 0. The zero-order valence-electron chi connectivity index (χ0n) is 11.3. The molecule has 0 saturated carbocycles. The fourth-order valence-electron chi connectivity index (χ4n) is 2.24. The normalized spacial score (nSPS) is 17.3. The average Bonchev–Trinajstić information content (AvgIpc) is 2.40. The van der Waals surface area contributed by atoms with Gasteiger partial charge >= 0.3 is 12.1 Å². The Balaban J connectivity index is 1.85. The molecule has 0 radical (unpaired) electrons. The van der Waals surface area contributed by atoms with Gasteiger partial charge in [-0.1, -0.05) is 29.8 Å². The molecule has 110 valence electrons. The first-order valence-electron chi connectivity index (χ1n) is 6.50. The number of rotatable bonds is 2. The Morgan fingerprint density at radius 1 is 1.10 bits per heavy atom. The molecule has 1 aliphatic rings. The van der Waals surface area contributed by atoms with Crippen molar-refractivity contribution in [2.45, 2.75) is 19.6 Å². The predicted octanol–water partition coefficient (Wildman–Crippen LogP) is 2.20. The maximum absolute atomic E-state index is 12.3. The second kappa shape index (κ2) is 5.83. The number of hydrogen-bond acceptors (Lipinski definition) is 2. The summed E-state index contributed by atoms with van der Waals surface area (Å²) in [6.07, 6.45) is -4.76. The summed E-state index contributed by atoms with van der Waals surface area (Å²) in [5.74, 6) is -1.73. The molecule has 0 bridgehead atoms. The monoisotopic (exact) mass is 286 g/mol. The van der Waals surface area contributed by atoms with Gasteiger partial charge in [-0.2, -0.15) is 13.2 Å². The van der Waals surface area contributed by atoms with E-state index < -0.39 is 12.1 Å². The summed E-state index contributed by atoms with van der Waals surface area (Å²) >= 11 is 0. The quantitative estimate of drug-likeness (QED) is 0.832. The highest BCUT2D eigenvalue weighted by Crippen LogP contribution is 2.20. The van der Waals surface area contributed by atoms with Crippen LogP contribution in [0.15, 0.2) is 24.3 Å². The molecule has 1 saturated heterocycles. The van der Waals surface area contributed by atoms with Crippen LogP contribution in [-0.2, 0) is 11.3 Å². The molecule has 0 aromatic heterocycles. The van der Waals surface area contributed by atoms with Gasteiger partial charge in [0.25, 0.3) is 0 Å². The Labute approximate surface area is 116 Å². The van der Waals surface area contributed by atoms with Crippen LogP contribution < -0.4 is 0 Å². The first-order chi connectivity index (χ1) is 9.36. The summed E-state index contributed by atoms with van der Waals surface area (Å²) in [4.78, 5) is 14.0. The lowest BCUT2D eigenvalue weighted by Crippen LogP contribution is -2.52. The molecule has 0 atom stereocenters. The molecular formula is C14H17F3N2O. The van der Waals surface area contributed by atoms with Crippen LogP contribution in [0.25, 0.3) is 0 Å². The topological polar surface area (TPSA) is 23.6 Å². The molecule has 20 heavy (non-hydrogen) atoms. The van der Waals surface area contributed by atoms with Crippen molar-refractivity contribution < 1.29 is 18.0 Å². The average molecular weight is 286 g/mol. The lowest BCUT2D eigenvalue weighted by molar-refractivity contribution is -0.187. The van der Waals surface area contributed by atoms with E-state index in [1.165, 1.54) is 5.56 Å². The van der Waals surface area contributed by atoms with E-state index in [4.69, 9.17) is 0 Å². The van der Waals surface area contributed by atoms with Crippen molar-refractivity contribution in [3.8, 4) is 0 Å². The lowest BCUT2D eigenvalue weighted by Gasteiger charge is -2.35. The first-order valence-corrected chi connectivity index (χ1v) is 6.50. The number of halogens is 3. The molecule has 1 aromatic carbocycles. The SMILES string of the molecule is Cc1ccc(CN2CCN(C(=O)C(F)(F)F)CC2)cc1. The third-order valence-electron chi connectivity index (χ3n) is 3.43. The van der Waals surface area contributed by atoms with E-state index in [0.29, 0.717) is 19.6 Å². The molecular weight excluding hydrogens is 269 g/mol. The number of amides is 1. The maximum atomic E-state index is 12.3. The summed E-state index contributed by atoms with van der Waals surface area (Å²) in [6.45, 7) is 3.90. The molecule has 0 aliphatic carbocycles. The smallest absolute Gasteiger partial charge is 0.332 e. The molecule has 1 heterocycles. The number of carbonyl (C=O) groups excluding carboxylic acids is 1. The second-order valence-corrected chi connectivity index (χ2v) is 5.05. The molecule has 0 spiro atoms. The number of benzene rings is 1. The number of aryl methyl sites for hydroxylation is 1. The zero-order valence-corrected chi connectivity index (χ0v) is 11.3. The molecule has 2 rings (SSSR count). The van der Waals surface area contributed by atoms with Gasteiger partial charge in [0.2, 0.25) is 0 Å². The van der Waals surface area contributed by atoms with Crippen molar-refractivity contribution >= 4 is 5.91 Å². The summed E-state index contributed by atoms with van der Waals surface area (Å²) < 4.78 is 36.9. The van der Waals surface area contributed by atoms with Crippen LogP contribution in [0, 0.1) is 6.92 Å². The minimum atomic E-state index is -4.76. The van der Waals surface area contributed by atoms with Gasteiger partial charge in [-0.05, 0) is 12.5 Å². The molecule has 6 heteroatoms. The van der Waals surface area contributed by atoms with Gasteiger partial charge in [0.05, 0.1) is 0 Å². The minimum Gasteiger partial charge on any atom is -0.332 e. The second-order valence-electron chi connectivity index (χ2n) is 5.05. The molecule has 1 fully saturated rings. The maximum Gasteiger partial charge on any atom is 0.471 e. The Bertz CT molecular complexity index is 462. The van der Waals surface area contributed by atoms with E-state index in [1.807, 2.05) is 31.2 Å². The number of hydrogen-bond donors (Lipinski definition) is 0. The van der Waals surface area contributed by atoms with Crippen LogP contribution in [0.2, 0.25) is 0 Å². The van der Waals surface area contributed by atoms with Crippen molar-refractivity contribution in [1.82, 2.24) is 9.80 Å². The zero-order chi connectivity index (χ0) is 14.8. The van der Waals surface area contributed by atoms with E-state index in [-0.39, 0.29) is 13.1 Å². The first kappa shape index (κ1) is 14.8. The molecule has 1 amide bonds. The number of carbonyl (C=O) groups is 1. The van der Waals surface area contributed by atoms with Gasteiger partial charge in [0, 0.05) is 32.7 Å². The van der Waals surface area contributed by atoms with Gasteiger partial charge in [0.1, 0.15) is 0 Å². The van der Waals surface area contributed by atoms with Gasteiger partial charge in [-0.15, -0.1) is 0 Å². The number of alkyl halides is 3. The van der Waals surface area contributed by atoms with E-state index >= 15 is 0 Å². The number of piperazine rings is 1. The predicted molar refractivity (Wildman–Crippen MR) is 69.1 cm³/mol. The minimum absolute atomic E-state index is 0.129. The third-order valence-corrected chi connectivity index (χ3v) is 3.43. The van der Waals surface area contributed by atoms with Gasteiger partial charge < -0.3 is 4.90 Å². The van der Waals surface area contributed by atoms with Crippen LogP contribution in [0.5, 0.6) is 0 Å². The fraction of sp³-hybridized carbons (Fsp3) is 0.500. The van der Waals surface area contributed by atoms with E-state index in [0.717, 1.165) is 10.5 Å². The lowest BCUT2D eigenvalue weighted by atomic mass is 10.1. The van der Waals surface area contributed by atoms with Crippen LogP contribution in [-0.4, -0.2) is 48.1 Å². The van der Waals surface area contributed by atoms with Crippen molar-refractivity contribution in [1.29, 1.82) is 0 Å². The summed E-state index contributed by atoms with van der Waals surface area (Å²) in [6, 6.07) is 8.06. The highest BCUT2D eigenvalue weighted by Gasteiger charge is 2.43. The third kappa shape index (κ3) is 3.72. The Kier molecular flexibility index (Phi) is 4.32. The van der Waals surface area contributed by atoms with Gasteiger partial charge in [-0.25, -0.2) is 0 Å². The van der Waals surface area contributed by atoms with E-state index in [1.54, 1.807) is 0 Å². The Morgan fingerprint density at radius 2 is 1.65 bits per heavy atom. The summed E-state index contributed by atoms with van der Waals surface area (Å²) in [5, 5.41) is 0. The standard InChI is InChI=1S/C14H17F3N2O/c1-11-2-4-12(5-3-11)10-18-6-8-19(9-7-18)13(20)14(15,16)17/h2-5H,6-10H2,1H3.